The fourth-order valence-electron chi connectivity index (χ4n) is 2.90. The van der Waals surface area contributed by atoms with Crippen LogP contribution in [-0.2, 0) is 13.5 Å². The second-order valence-corrected chi connectivity index (χ2v) is 5.62. The third-order valence-electron chi connectivity index (χ3n) is 4.20. The number of rotatable bonds is 7. The van der Waals surface area contributed by atoms with Gasteiger partial charge < -0.3 is 5.32 Å². The summed E-state index contributed by atoms with van der Waals surface area (Å²) in [4.78, 5) is 1.52. The molecule has 5 heteroatoms. The van der Waals surface area contributed by atoms with Crippen molar-refractivity contribution in [2.75, 3.05) is 7.05 Å². The van der Waals surface area contributed by atoms with Crippen LogP contribution in [0.4, 0.5) is 0 Å². The summed E-state index contributed by atoms with van der Waals surface area (Å²) in [5.74, 6) is 1.81. The largest absolute Gasteiger partial charge is 0.316 e. The van der Waals surface area contributed by atoms with E-state index in [1.807, 2.05) is 7.05 Å². The van der Waals surface area contributed by atoms with Gasteiger partial charge in [0.05, 0.1) is 7.05 Å². The SMILES string of the molecule is CCC(C)C(c1ccccc1)C(Cc1nnn(C)n1)NC. The molecule has 2 rings (SSSR count). The average molecular weight is 287 g/mol. The molecule has 114 valence electrons. The number of nitrogens with one attached hydrogen (secondary N) is 1. The van der Waals surface area contributed by atoms with Crippen molar-refractivity contribution in [2.24, 2.45) is 13.0 Å². The number of hydrogen-bond acceptors (Lipinski definition) is 4. The summed E-state index contributed by atoms with van der Waals surface area (Å²) in [7, 11) is 3.81. The number of hydrogen-bond donors (Lipinski definition) is 1. The van der Waals surface area contributed by atoms with Crippen molar-refractivity contribution in [2.45, 2.75) is 38.6 Å². The minimum absolute atomic E-state index is 0.298. The van der Waals surface area contributed by atoms with Gasteiger partial charge >= 0.3 is 0 Å². The third-order valence-corrected chi connectivity index (χ3v) is 4.20. The van der Waals surface area contributed by atoms with Crippen molar-refractivity contribution in [3.8, 4) is 0 Å². The maximum atomic E-state index is 4.31. The second-order valence-electron chi connectivity index (χ2n) is 5.62. The Morgan fingerprint density at radius 1 is 1.24 bits per heavy atom. The molecule has 5 nitrogen and oxygen atoms in total. The van der Waals surface area contributed by atoms with Crippen LogP contribution in [-0.4, -0.2) is 33.3 Å². The van der Waals surface area contributed by atoms with Crippen molar-refractivity contribution in [1.82, 2.24) is 25.5 Å². The number of benzene rings is 1. The molecule has 0 bridgehead atoms. The second kappa shape index (κ2) is 7.31. The van der Waals surface area contributed by atoms with Crippen LogP contribution in [0.25, 0.3) is 0 Å². The van der Waals surface area contributed by atoms with Gasteiger partial charge in [0.25, 0.3) is 0 Å². The monoisotopic (exact) mass is 287 g/mol. The highest BCUT2D eigenvalue weighted by molar-refractivity contribution is 5.22. The van der Waals surface area contributed by atoms with E-state index in [9.17, 15) is 0 Å². The highest BCUT2D eigenvalue weighted by Gasteiger charge is 2.27. The predicted octanol–water partition coefficient (Wildman–Crippen LogP) is 2.17. The Bertz CT molecular complexity index is 537. The van der Waals surface area contributed by atoms with Crippen LogP contribution in [0.1, 0.15) is 37.6 Å². The Hall–Kier alpha value is -1.75. The van der Waals surface area contributed by atoms with Crippen molar-refractivity contribution in [3.05, 3.63) is 41.7 Å². The van der Waals surface area contributed by atoms with Crippen molar-refractivity contribution >= 4 is 0 Å². The normalized spacial score (nSPS) is 15.6. The topological polar surface area (TPSA) is 55.6 Å². The zero-order valence-corrected chi connectivity index (χ0v) is 13.3. The standard InChI is InChI=1S/C16H25N5/c1-5-12(2)16(13-9-7-6-8-10-13)14(17-3)11-15-18-20-21(4)19-15/h6-10,12,14,16-17H,5,11H2,1-4H3. The Labute approximate surface area is 126 Å². The van der Waals surface area contributed by atoms with E-state index in [2.05, 4.69) is 64.9 Å². The molecule has 1 aromatic carbocycles. The van der Waals surface area contributed by atoms with Gasteiger partial charge in [-0.15, -0.1) is 10.2 Å². The van der Waals surface area contributed by atoms with Crippen LogP contribution in [0.15, 0.2) is 30.3 Å². The summed E-state index contributed by atoms with van der Waals surface area (Å²) in [6.45, 7) is 4.56. The maximum Gasteiger partial charge on any atom is 0.176 e. The number of aromatic nitrogens is 4. The third kappa shape index (κ3) is 3.88. The zero-order chi connectivity index (χ0) is 15.2. The Morgan fingerprint density at radius 3 is 2.48 bits per heavy atom. The molecule has 0 aliphatic heterocycles. The molecule has 0 radical (unpaired) electrons. The Morgan fingerprint density at radius 2 is 1.95 bits per heavy atom. The lowest BCUT2D eigenvalue weighted by Gasteiger charge is -2.31. The quantitative estimate of drug-likeness (QED) is 0.848. The smallest absolute Gasteiger partial charge is 0.176 e. The molecule has 0 aliphatic carbocycles. The van der Waals surface area contributed by atoms with Crippen LogP contribution in [0.3, 0.4) is 0 Å². The molecule has 3 unspecified atom stereocenters. The van der Waals surface area contributed by atoms with Gasteiger partial charge in [-0.2, -0.15) is 4.80 Å². The van der Waals surface area contributed by atoms with Crippen molar-refractivity contribution < 1.29 is 0 Å². The molecule has 0 saturated heterocycles. The molecule has 1 heterocycles. The molecule has 0 saturated carbocycles. The highest BCUT2D eigenvalue weighted by Crippen LogP contribution is 2.31. The number of tetrazole rings is 1. The first-order valence-electron chi connectivity index (χ1n) is 7.60. The van der Waals surface area contributed by atoms with Gasteiger partial charge in [0.15, 0.2) is 5.82 Å². The summed E-state index contributed by atoms with van der Waals surface area (Å²) in [5, 5.41) is 15.8. The lowest BCUT2D eigenvalue weighted by atomic mass is 9.79. The van der Waals surface area contributed by atoms with Crippen molar-refractivity contribution in [3.63, 3.8) is 0 Å². The molecular formula is C16H25N5. The lowest BCUT2D eigenvalue weighted by Crippen LogP contribution is -2.37. The molecular weight excluding hydrogens is 262 g/mol. The first-order valence-corrected chi connectivity index (χ1v) is 7.60. The minimum atomic E-state index is 0.298. The van der Waals surface area contributed by atoms with E-state index in [1.165, 1.54) is 10.4 Å². The van der Waals surface area contributed by atoms with Crippen LogP contribution >= 0.6 is 0 Å². The lowest BCUT2D eigenvalue weighted by molar-refractivity contribution is 0.342. The molecule has 1 aromatic heterocycles. The molecule has 1 N–H and O–H groups in total. The van der Waals surface area contributed by atoms with Crippen LogP contribution in [0.5, 0.6) is 0 Å². The van der Waals surface area contributed by atoms with E-state index in [1.54, 1.807) is 7.05 Å². The number of nitrogens with zero attached hydrogens (tertiary/aromatic N) is 4. The zero-order valence-electron chi connectivity index (χ0n) is 13.3. The van der Waals surface area contributed by atoms with Gasteiger partial charge in [-0.25, -0.2) is 0 Å². The highest BCUT2D eigenvalue weighted by atomic mass is 15.6. The average Bonchev–Trinajstić information content (AvgIpc) is 2.92. The molecule has 0 aliphatic rings. The number of aryl methyl sites for hydroxylation is 1. The predicted molar refractivity (Wildman–Crippen MR) is 84.0 cm³/mol. The molecule has 3 atom stereocenters. The van der Waals surface area contributed by atoms with Gasteiger partial charge in [0.2, 0.25) is 0 Å². The summed E-state index contributed by atoms with van der Waals surface area (Å²) in [6, 6.07) is 11.0. The van der Waals surface area contributed by atoms with Crippen LogP contribution in [0.2, 0.25) is 0 Å². The molecule has 0 fully saturated rings. The van der Waals surface area contributed by atoms with E-state index in [0.717, 1.165) is 18.7 Å². The van der Waals surface area contributed by atoms with Crippen molar-refractivity contribution in [1.29, 1.82) is 0 Å². The first kappa shape index (κ1) is 15.6. The first-order chi connectivity index (χ1) is 10.2. The van der Waals surface area contributed by atoms with E-state index < -0.39 is 0 Å². The van der Waals surface area contributed by atoms with E-state index in [0.29, 0.717) is 17.9 Å². The molecule has 0 amide bonds. The fraction of sp³-hybridized carbons (Fsp3) is 0.562. The Balaban J connectivity index is 2.24. The van der Waals surface area contributed by atoms with Gasteiger partial charge in [-0.3, -0.25) is 0 Å². The van der Waals surface area contributed by atoms with Crippen LogP contribution < -0.4 is 5.32 Å². The minimum Gasteiger partial charge on any atom is -0.316 e. The van der Waals surface area contributed by atoms with E-state index >= 15 is 0 Å². The van der Waals surface area contributed by atoms with E-state index in [4.69, 9.17) is 0 Å². The Kier molecular flexibility index (Phi) is 5.44. The maximum absolute atomic E-state index is 4.31. The number of likely N-dealkylation sites (N-methyl/N-ethyl adjacent to an activating group) is 1. The van der Waals surface area contributed by atoms with Gasteiger partial charge in [-0.1, -0.05) is 50.6 Å². The van der Waals surface area contributed by atoms with Crippen LogP contribution in [0, 0.1) is 5.92 Å². The molecule has 0 spiro atoms. The van der Waals surface area contributed by atoms with Gasteiger partial charge in [0.1, 0.15) is 0 Å². The van der Waals surface area contributed by atoms with Gasteiger partial charge in [-0.05, 0) is 23.7 Å². The van der Waals surface area contributed by atoms with Gasteiger partial charge in [0, 0.05) is 18.4 Å². The summed E-state index contributed by atoms with van der Waals surface area (Å²) < 4.78 is 0. The van der Waals surface area contributed by atoms with E-state index in [-0.39, 0.29) is 0 Å². The molecule has 2 aromatic rings. The fourth-order valence-corrected chi connectivity index (χ4v) is 2.90. The summed E-state index contributed by atoms with van der Waals surface area (Å²) in [6.07, 6.45) is 1.93. The molecule has 21 heavy (non-hydrogen) atoms. The summed E-state index contributed by atoms with van der Waals surface area (Å²) >= 11 is 0. The summed E-state index contributed by atoms with van der Waals surface area (Å²) in [5.41, 5.74) is 1.37.